The van der Waals surface area contributed by atoms with Gasteiger partial charge in [-0.15, -0.1) is 5.34 Å². The zero-order chi connectivity index (χ0) is 10.6. The van der Waals surface area contributed by atoms with Gasteiger partial charge in [0.15, 0.2) is 0 Å². The summed E-state index contributed by atoms with van der Waals surface area (Å²) in [5.74, 6) is 0. The van der Waals surface area contributed by atoms with Crippen molar-refractivity contribution in [1.29, 1.82) is 0 Å². The average Bonchev–Trinajstić information content (AvgIpc) is 1.88. The van der Waals surface area contributed by atoms with Crippen LogP contribution in [0.5, 0.6) is 0 Å². The Balaban J connectivity index is -0.000000105. The molecule has 0 radical (unpaired) electrons. The van der Waals surface area contributed by atoms with Crippen molar-refractivity contribution in [2.45, 2.75) is 19.4 Å². The molecular weight excluding hydrogens is 409 g/mol. The van der Waals surface area contributed by atoms with Crippen LogP contribution in [0.25, 0.3) is 5.73 Å². The summed E-state index contributed by atoms with van der Waals surface area (Å²) >= 11 is -1.85. The third kappa shape index (κ3) is 126. The van der Waals surface area contributed by atoms with Crippen molar-refractivity contribution in [3.63, 3.8) is 0 Å². The third-order valence-electron chi connectivity index (χ3n) is 0.433. The van der Waals surface area contributed by atoms with Gasteiger partial charge in [-0.05, 0) is 0 Å². The molecule has 0 aliphatic rings. The molecule has 8 heteroatoms. The first-order valence-electron chi connectivity index (χ1n) is 2.50. The van der Waals surface area contributed by atoms with Gasteiger partial charge >= 0.3 is 42.4 Å². The quantitative estimate of drug-likeness (QED) is 0.367. The molecule has 1 atom stereocenters. The van der Waals surface area contributed by atoms with Crippen molar-refractivity contribution in [1.82, 2.24) is 0 Å². The van der Waals surface area contributed by atoms with E-state index < -0.39 is 14.2 Å². The Bertz CT molecular complexity index is 83.9. The number of nitrogens with zero attached hydrogens (tertiary/aromatic N) is 1. The van der Waals surface area contributed by atoms with Crippen molar-refractivity contribution < 1.29 is 14.2 Å². The monoisotopic (exact) mass is 417 g/mol. The van der Waals surface area contributed by atoms with Crippen LogP contribution >= 0.6 is 28.3 Å². The topological polar surface area (TPSA) is 76.3 Å². The van der Waals surface area contributed by atoms with E-state index in [4.69, 9.17) is 44.1 Å². The van der Waals surface area contributed by atoms with Crippen molar-refractivity contribution in [3.8, 4) is 0 Å². The molecule has 0 saturated heterocycles. The molecule has 1 unspecified atom stereocenters. The van der Waals surface area contributed by atoms with Gasteiger partial charge in [0.25, 0.3) is 0 Å². The van der Waals surface area contributed by atoms with Gasteiger partial charge in [0, 0.05) is 0 Å². The van der Waals surface area contributed by atoms with Gasteiger partial charge in [0.1, 0.15) is 0 Å². The maximum absolute atomic E-state index is 8.00. The molecule has 0 aromatic heterocycles. The summed E-state index contributed by atoms with van der Waals surface area (Å²) in [4.78, 5) is 8.00. The zero-order valence-electron chi connectivity index (χ0n) is 6.21. The maximum atomic E-state index is 8.00. The molecular formula is C4H9Cl3N2O2Pt-3. The predicted octanol–water partition coefficient (Wildman–Crippen LogP) is 3.97. The molecule has 0 fully saturated rings. The Labute approximate surface area is 89.6 Å². The molecule has 0 saturated carbocycles. The molecule has 0 rings (SSSR count). The molecule has 0 aromatic rings. The summed E-state index contributed by atoms with van der Waals surface area (Å²) in [5.41, 5.74) is 6.76. The minimum atomic E-state index is -1.85. The molecule has 81 valence electrons. The Morgan fingerprint density at radius 3 is 1.75 bits per heavy atom. The number of rotatable bonds is 1. The van der Waals surface area contributed by atoms with Crippen molar-refractivity contribution in [3.05, 3.63) is 22.8 Å². The van der Waals surface area contributed by atoms with E-state index in [9.17, 15) is 0 Å². The summed E-state index contributed by atoms with van der Waals surface area (Å²) in [6, 6.07) is 0.0231. The van der Waals surface area contributed by atoms with Crippen LogP contribution in [0.15, 0.2) is 5.34 Å². The Morgan fingerprint density at radius 2 is 1.75 bits per heavy atom. The van der Waals surface area contributed by atoms with E-state index in [1.807, 2.05) is 6.92 Å². The first kappa shape index (κ1) is 18.7. The fourth-order valence-electron chi connectivity index (χ4n) is 0. The Morgan fingerprint density at radius 1 is 1.67 bits per heavy atom. The van der Waals surface area contributed by atoms with E-state index in [1.165, 1.54) is 0 Å². The van der Waals surface area contributed by atoms with Gasteiger partial charge in [-0.1, -0.05) is 6.92 Å². The molecule has 0 bridgehead atoms. The van der Waals surface area contributed by atoms with Gasteiger partial charge in [-0.3, -0.25) is 0 Å². The van der Waals surface area contributed by atoms with Crippen LogP contribution in [0.1, 0.15) is 13.3 Å². The van der Waals surface area contributed by atoms with E-state index in [0.29, 0.717) is 0 Å². The summed E-state index contributed by atoms with van der Waals surface area (Å²) in [6.45, 7) is 5.32. The Kier molecular flexibility index (Phi) is 27.8. The average molecular weight is 419 g/mol. The molecule has 0 heterocycles. The summed E-state index contributed by atoms with van der Waals surface area (Å²) in [7, 11) is 14.9. The molecule has 12 heavy (non-hydrogen) atoms. The van der Waals surface area contributed by atoms with Crippen LogP contribution in [0.4, 0.5) is 0 Å². The van der Waals surface area contributed by atoms with E-state index in [0.717, 1.165) is 11.8 Å². The first-order chi connectivity index (χ1) is 5.42. The van der Waals surface area contributed by atoms with Gasteiger partial charge in [0.2, 0.25) is 0 Å². The van der Waals surface area contributed by atoms with Crippen molar-refractivity contribution >= 4 is 28.3 Å². The van der Waals surface area contributed by atoms with Crippen LogP contribution in [0.3, 0.4) is 0 Å². The van der Waals surface area contributed by atoms with Gasteiger partial charge < -0.3 is 22.8 Å². The second-order valence-corrected chi connectivity index (χ2v) is 11.2. The van der Waals surface area contributed by atoms with E-state index in [1.54, 1.807) is 0 Å². The van der Waals surface area contributed by atoms with E-state index >= 15 is 0 Å². The standard InChI is InChI=1S/C4H9N.3ClH.HNO2.Pt/c1-3-4(2)5;;;;2-1-3;/h4-5H,1,3H2,2H3;3*1H;(H,2,3);/q-2;;;;;+3/p-4. The number of hydrogen-bond acceptors (Lipinski definition) is 3. The predicted molar refractivity (Wildman–Crippen MR) is 50.5 cm³/mol. The van der Waals surface area contributed by atoms with Crippen LogP contribution < -0.4 is 0 Å². The number of nitrogens with one attached hydrogen (secondary N) is 1. The fourth-order valence-corrected chi connectivity index (χ4v) is 0. The molecule has 0 aliphatic carbocycles. The van der Waals surface area contributed by atoms with Gasteiger partial charge in [0.05, 0.1) is 0 Å². The summed E-state index contributed by atoms with van der Waals surface area (Å²) in [6.07, 6.45) is 0.722. The molecule has 1 N–H and O–H groups in total. The van der Waals surface area contributed by atoms with Crippen LogP contribution in [-0.2, 0) is 14.2 Å². The molecule has 0 spiro atoms. The third-order valence-corrected chi connectivity index (χ3v) is 0.433. The first-order valence-corrected chi connectivity index (χ1v) is 10.9. The van der Waals surface area contributed by atoms with Crippen LogP contribution in [-0.4, -0.2) is 6.04 Å². The molecule has 0 amide bonds. The van der Waals surface area contributed by atoms with Crippen molar-refractivity contribution in [2.24, 2.45) is 5.34 Å². The van der Waals surface area contributed by atoms with Crippen LogP contribution in [0.2, 0.25) is 0 Å². The fraction of sp³-hybridized carbons (Fsp3) is 0.750. The second-order valence-electron chi connectivity index (χ2n) is 1.40. The second kappa shape index (κ2) is 17.9. The van der Waals surface area contributed by atoms with Crippen molar-refractivity contribution in [2.75, 3.05) is 0 Å². The zero-order valence-corrected chi connectivity index (χ0v) is 10.7. The SMILES string of the molecule is O=N[O-].[CH2-]CC(C)[NH-].[Cl][Pt]([Cl])[Cl]. The normalized spacial score (nSPS) is 11.0. The van der Waals surface area contributed by atoms with Gasteiger partial charge in [-0.2, -0.15) is 12.5 Å². The summed E-state index contributed by atoms with van der Waals surface area (Å²) < 4.78 is 0. The minimum absolute atomic E-state index is 0.0231. The number of halogens is 3. The van der Waals surface area contributed by atoms with E-state index in [-0.39, 0.29) is 6.04 Å². The van der Waals surface area contributed by atoms with Gasteiger partial charge in [-0.25, -0.2) is 0 Å². The molecule has 4 nitrogen and oxygen atoms in total. The molecule has 0 aromatic carbocycles. The van der Waals surface area contributed by atoms with Crippen LogP contribution in [0, 0.1) is 17.0 Å². The number of hydrogen-bond donors (Lipinski definition) is 0. The summed E-state index contributed by atoms with van der Waals surface area (Å²) in [5, 5.41) is 9.00. The van der Waals surface area contributed by atoms with E-state index in [2.05, 4.69) is 6.92 Å². The molecule has 0 aliphatic heterocycles. The Hall–Kier alpha value is 0.918.